The Balaban J connectivity index is 2.23. The van der Waals surface area contributed by atoms with E-state index >= 15 is 0 Å². The zero-order valence-corrected chi connectivity index (χ0v) is 27.1. The van der Waals surface area contributed by atoms with E-state index in [2.05, 4.69) is 128 Å². The molecule has 0 spiro atoms. The molecule has 0 aromatic heterocycles. The quantitative estimate of drug-likeness (QED) is 0.365. The summed E-state index contributed by atoms with van der Waals surface area (Å²) in [5.41, 5.74) is 6.13. The highest BCUT2D eigenvalue weighted by Crippen LogP contribution is 2.62. The summed E-state index contributed by atoms with van der Waals surface area (Å²) in [6.45, 7) is 33.1. The van der Waals surface area contributed by atoms with Gasteiger partial charge in [-0.05, 0) is 38.2 Å². The Morgan fingerprint density at radius 3 is 1.35 bits per heavy atom. The van der Waals surface area contributed by atoms with E-state index in [1.807, 2.05) is 0 Å². The van der Waals surface area contributed by atoms with Crippen LogP contribution in [0.1, 0.15) is 137 Å². The third kappa shape index (κ3) is 6.30. The normalized spacial score (nSPS) is 19.0. The van der Waals surface area contributed by atoms with Crippen molar-refractivity contribution in [1.29, 1.82) is 0 Å². The van der Waals surface area contributed by atoms with Crippen molar-refractivity contribution in [2.24, 2.45) is 0 Å². The van der Waals surface area contributed by atoms with Gasteiger partial charge in [-0.25, -0.2) is 4.57 Å². The molecule has 0 radical (unpaired) electrons. The SMILES string of the molecule is CC(C)(C)c1cc2c(c(C(C)(C)C)c1)OP(=O)(Oc1c(C(C)(C)C)cc(C(C)(C)C)cc1C(C)(C)C)C2. The van der Waals surface area contributed by atoms with Crippen LogP contribution in [-0.2, 0) is 37.8 Å². The van der Waals surface area contributed by atoms with Crippen molar-refractivity contribution in [1.82, 2.24) is 0 Å². The molecule has 2 aromatic carbocycles. The number of fused-ring (bicyclic) bond motifs is 1. The molecule has 1 atom stereocenters. The van der Waals surface area contributed by atoms with E-state index in [9.17, 15) is 4.57 Å². The standard InChI is InChI=1S/C33H51O3P/c1-29(2,3)22-16-21-20-37(34,35-27(21)24(17-22)31(7,8)9)36-28-25(32(10,11)12)18-23(30(4,5)6)19-26(28)33(13,14)15/h16-19H,20H2,1-15H3. The van der Waals surface area contributed by atoms with Crippen molar-refractivity contribution >= 4 is 7.60 Å². The van der Waals surface area contributed by atoms with E-state index in [0.29, 0.717) is 0 Å². The Morgan fingerprint density at radius 2 is 0.973 bits per heavy atom. The zero-order chi connectivity index (χ0) is 28.6. The van der Waals surface area contributed by atoms with Gasteiger partial charge in [-0.3, -0.25) is 0 Å². The molecule has 0 saturated heterocycles. The van der Waals surface area contributed by atoms with Crippen molar-refractivity contribution < 1.29 is 13.6 Å². The number of rotatable bonds is 2. The van der Waals surface area contributed by atoms with E-state index in [0.717, 1.165) is 33.8 Å². The van der Waals surface area contributed by atoms with Gasteiger partial charge in [0.1, 0.15) is 17.7 Å². The van der Waals surface area contributed by atoms with Crippen LogP contribution >= 0.6 is 7.60 Å². The maximum Gasteiger partial charge on any atom is 0.435 e. The monoisotopic (exact) mass is 526 g/mol. The summed E-state index contributed by atoms with van der Waals surface area (Å²) in [5, 5.41) is 0. The van der Waals surface area contributed by atoms with Crippen LogP contribution in [0.25, 0.3) is 0 Å². The largest absolute Gasteiger partial charge is 0.435 e. The molecule has 1 aliphatic heterocycles. The van der Waals surface area contributed by atoms with Crippen LogP contribution in [0.4, 0.5) is 0 Å². The lowest BCUT2D eigenvalue weighted by Gasteiger charge is -2.33. The highest BCUT2D eigenvalue weighted by atomic mass is 31.2. The summed E-state index contributed by atoms with van der Waals surface area (Å²) in [6.07, 6.45) is 0.281. The van der Waals surface area contributed by atoms with Gasteiger partial charge in [0.2, 0.25) is 0 Å². The van der Waals surface area contributed by atoms with Crippen LogP contribution in [-0.4, -0.2) is 0 Å². The van der Waals surface area contributed by atoms with Crippen molar-refractivity contribution in [2.45, 2.75) is 137 Å². The van der Waals surface area contributed by atoms with Crippen LogP contribution in [0.3, 0.4) is 0 Å². The summed E-state index contributed by atoms with van der Waals surface area (Å²) in [4.78, 5) is 0. The van der Waals surface area contributed by atoms with Crippen molar-refractivity contribution in [3.05, 3.63) is 57.6 Å². The third-order valence-corrected chi connectivity index (χ3v) is 8.89. The fourth-order valence-corrected chi connectivity index (χ4v) is 6.54. The molecular weight excluding hydrogens is 475 g/mol. The number of hydrogen-bond acceptors (Lipinski definition) is 3. The summed E-state index contributed by atoms with van der Waals surface area (Å²) >= 11 is 0. The Kier molecular flexibility index (Phi) is 7.18. The van der Waals surface area contributed by atoms with Gasteiger partial charge in [-0.15, -0.1) is 0 Å². The minimum absolute atomic E-state index is 0.0200. The maximum atomic E-state index is 14.5. The fourth-order valence-electron chi connectivity index (χ4n) is 4.75. The van der Waals surface area contributed by atoms with Gasteiger partial charge in [0, 0.05) is 22.3 Å². The molecule has 206 valence electrons. The van der Waals surface area contributed by atoms with Gasteiger partial charge in [0.25, 0.3) is 0 Å². The topological polar surface area (TPSA) is 35.5 Å². The fraction of sp³-hybridized carbons (Fsp3) is 0.636. The van der Waals surface area contributed by atoms with E-state index in [-0.39, 0.29) is 33.2 Å². The van der Waals surface area contributed by atoms with Gasteiger partial charge in [-0.2, -0.15) is 0 Å². The van der Waals surface area contributed by atoms with Crippen molar-refractivity contribution in [3.8, 4) is 11.5 Å². The first-order chi connectivity index (χ1) is 16.3. The van der Waals surface area contributed by atoms with Gasteiger partial charge in [0.15, 0.2) is 0 Å². The first-order valence-corrected chi connectivity index (χ1v) is 15.4. The van der Waals surface area contributed by atoms with Gasteiger partial charge in [0.05, 0.1) is 0 Å². The maximum absolute atomic E-state index is 14.5. The molecule has 0 bridgehead atoms. The van der Waals surface area contributed by atoms with Gasteiger partial charge in [-0.1, -0.05) is 128 Å². The molecule has 2 aromatic rings. The number of benzene rings is 2. The summed E-state index contributed by atoms with van der Waals surface area (Å²) in [7, 11) is -3.49. The smallest absolute Gasteiger partial charge is 0.415 e. The Bertz CT molecular complexity index is 1200. The lowest BCUT2D eigenvalue weighted by molar-refractivity contribution is 0.379. The minimum atomic E-state index is -3.49. The molecule has 1 aliphatic rings. The molecule has 4 heteroatoms. The second kappa shape index (κ2) is 8.90. The minimum Gasteiger partial charge on any atom is -0.415 e. The first-order valence-electron chi connectivity index (χ1n) is 13.7. The first kappa shape index (κ1) is 29.8. The van der Waals surface area contributed by atoms with E-state index in [4.69, 9.17) is 9.05 Å². The highest BCUT2D eigenvalue weighted by molar-refractivity contribution is 7.54. The molecule has 1 heterocycles. The zero-order valence-electron chi connectivity index (χ0n) is 26.2. The second-order valence-corrected chi connectivity index (χ2v) is 18.0. The average Bonchev–Trinajstić information content (AvgIpc) is 2.98. The third-order valence-electron chi connectivity index (χ3n) is 7.24. The molecule has 0 saturated carbocycles. The lowest BCUT2D eigenvalue weighted by atomic mass is 9.75. The molecule has 3 rings (SSSR count). The van der Waals surface area contributed by atoms with E-state index in [1.54, 1.807) is 0 Å². The molecule has 37 heavy (non-hydrogen) atoms. The van der Waals surface area contributed by atoms with E-state index in [1.165, 1.54) is 11.1 Å². The molecule has 0 aliphatic carbocycles. The Labute approximate surface area is 227 Å². The van der Waals surface area contributed by atoms with Gasteiger partial charge >= 0.3 is 7.60 Å². The molecular formula is C33H51O3P. The lowest BCUT2D eigenvalue weighted by Crippen LogP contribution is -2.23. The van der Waals surface area contributed by atoms with Crippen LogP contribution in [0.2, 0.25) is 0 Å². The predicted octanol–water partition coefficient (Wildman–Crippen LogP) is 10.3. The van der Waals surface area contributed by atoms with Crippen LogP contribution in [0, 0.1) is 0 Å². The Morgan fingerprint density at radius 1 is 0.595 bits per heavy atom. The van der Waals surface area contributed by atoms with Crippen LogP contribution < -0.4 is 9.05 Å². The van der Waals surface area contributed by atoms with Crippen LogP contribution in [0.15, 0.2) is 24.3 Å². The average molecular weight is 527 g/mol. The predicted molar refractivity (Wildman–Crippen MR) is 159 cm³/mol. The molecule has 3 nitrogen and oxygen atoms in total. The molecule has 0 N–H and O–H groups in total. The Hall–Kier alpha value is -1.73. The second-order valence-electron chi connectivity index (χ2n) is 16.1. The summed E-state index contributed by atoms with van der Waals surface area (Å²) in [6, 6.07) is 8.90. The number of hydrogen-bond donors (Lipinski definition) is 0. The van der Waals surface area contributed by atoms with Crippen molar-refractivity contribution in [3.63, 3.8) is 0 Å². The van der Waals surface area contributed by atoms with Gasteiger partial charge < -0.3 is 9.05 Å². The summed E-state index contributed by atoms with van der Waals surface area (Å²) < 4.78 is 27.5. The highest BCUT2D eigenvalue weighted by Gasteiger charge is 2.43. The molecule has 0 amide bonds. The molecule has 0 fully saturated rings. The van der Waals surface area contributed by atoms with Crippen LogP contribution in [0.5, 0.6) is 11.5 Å². The van der Waals surface area contributed by atoms with Crippen molar-refractivity contribution in [2.75, 3.05) is 0 Å². The molecule has 1 unspecified atom stereocenters. The van der Waals surface area contributed by atoms with E-state index < -0.39 is 7.60 Å². The summed E-state index contributed by atoms with van der Waals surface area (Å²) in [5.74, 6) is 1.46.